The molecule has 2 heterocycles. The molecule has 0 N–H and O–H groups in total. The summed E-state index contributed by atoms with van der Waals surface area (Å²) in [6.45, 7) is 0. The zero-order chi connectivity index (χ0) is 31.2. The zero-order valence-electron chi connectivity index (χ0n) is 25.5. The fourth-order valence-corrected chi connectivity index (χ4v) is 6.40. The molecule has 0 amide bonds. The molecule has 7 aromatic carbocycles. The normalized spacial score (nSPS) is 11.4. The lowest BCUT2D eigenvalue weighted by Crippen LogP contribution is -1.96. The fraction of sp³-hybridized carbons (Fsp3) is 0. The third kappa shape index (κ3) is 5.04. The number of para-hydroxylation sites is 1. The van der Waals surface area contributed by atoms with Gasteiger partial charge in [-0.2, -0.15) is 0 Å². The Hall–Kier alpha value is -6.32. The van der Waals surface area contributed by atoms with Gasteiger partial charge in [-0.05, 0) is 63.4 Å². The molecule has 9 rings (SSSR count). The van der Waals surface area contributed by atoms with E-state index in [2.05, 4.69) is 140 Å². The monoisotopic (exact) mass is 600 g/mol. The van der Waals surface area contributed by atoms with Crippen molar-refractivity contribution in [3.8, 4) is 56.2 Å². The van der Waals surface area contributed by atoms with Crippen molar-refractivity contribution in [2.45, 2.75) is 0 Å². The third-order valence-electron chi connectivity index (χ3n) is 8.91. The second-order valence-electron chi connectivity index (χ2n) is 11.9. The Morgan fingerprint density at radius 1 is 0.319 bits per heavy atom. The second-order valence-corrected chi connectivity index (χ2v) is 11.9. The minimum absolute atomic E-state index is 0.707. The highest BCUT2D eigenvalue weighted by molar-refractivity contribution is 6.06. The molecule has 0 aliphatic carbocycles. The average Bonchev–Trinajstić information content (AvgIpc) is 3.53. The van der Waals surface area contributed by atoms with E-state index in [4.69, 9.17) is 14.4 Å². The molecule has 0 saturated heterocycles. The number of rotatable bonds is 5. The number of hydrogen-bond acceptors (Lipinski definition) is 3. The van der Waals surface area contributed by atoms with Crippen LogP contribution in [0.15, 0.2) is 174 Å². The minimum Gasteiger partial charge on any atom is -0.456 e. The van der Waals surface area contributed by atoms with E-state index >= 15 is 0 Å². The van der Waals surface area contributed by atoms with Crippen LogP contribution in [-0.2, 0) is 0 Å². The third-order valence-corrected chi connectivity index (χ3v) is 8.91. The molecule has 0 saturated carbocycles. The highest BCUT2D eigenvalue weighted by atomic mass is 16.3. The summed E-state index contributed by atoms with van der Waals surface area (Å²) in [6.07, 6.45) is 0. The Bertz CT molecular complexity index is 2550. The maximum Gasteiger partial charge on any atom is 0.160 e. The van der Waals surface area contributed by atoms with E-state index in [0.717, 1.165) is 61.1 Å². The van der Waals surface area contributed by atoms with E-state index in [1.807, 2.05) is 30.3 Å². The van der Waals surface area contributed by atoms with E-state index in [1.54, 1.807) is 0 Å². The highest BCUT2D eigenvalue weighted by Crippen LogP contribution is 2.34. The Kier molecular flexibility index (Phi) is 6.46. The van der Waals surface area contributed by atoms with E-state index < -0.39 is 0 Å². The van der Waals surface area contributed by atoms with Crippen LogP contribution in [0, 0.1) is 0 Å². The lowest BCUT2D eigenvalue weighted by molar-refractivity contribution is 0.669. The van der Waals surface area contributed by atoms with E-state index in [1.165, 1.54) is 21.9 Å². The molecule has 3 nitrogen and oxygen atoms in total. The van der Waals surface area contributed by atoms with Crippen LogP contribution in [0.3, 0.4) is 0 Å². The van der Waals surface area contributed by atoms with E-state index in [0.29, 0.717) is 5.82 Å². The van der Waals surface area contributed by atoms with Gasteiger partial charge in [0, 0.05) is 27.5 Å². The van der Waals surface area contributed by atoms with Crippen LogP contribution in [0.2, 0.25) is 0 Å². The molecule has 3 heteroatoms. The lowest BCUT2D eigenvalue weighted by atomic mass is 9.98. The van der Waals surface area contributed by atoms with Gasteiger partial charge in [0.25, 0.3) is 0 Å². The van der Waals surface area contributed by atoms with Crippen molar-refractivity contribution in [1.29, 1.82) is 0 Å². The predicted molar refractivity (Wildman–Crippen MR) is 194 cm³/mol. The number of aromatic nitrogens is 2. The summed E-state index contributed by atoms with van der Waals surface area (Å²) in [4.78, 5) is 10.1. The largest absolute Gasteiger partial charge is 0.456 e. The van der Waals surface area contributed by atoms with E-state index in [9.17, 15) is 0 Å². The molecule has 0 unspecified atom stereocenters. The van der Waals surface area contributed by atoms with Gasteiger partial charge < -0.3 is 4.42 Å². The summed E-state index contributed by atoms with van der Waals surface area (Å²) in [6, 6.07) is 59.3. The van der Waals surface area contributed by atoms with Gasteiger partial charge >= 0.3 is 0 Å². The maximum absolute atomic E-state index is 6.05. The Morgan fingerprint density at radius 2 is 0.851 bits per heavy atom. The number of hydrogen-bond donors (Lipinski definition) is 0. The summed E-state index contributed by atoms with van der Waals surface area (Å²) >= 11 is 0. The lowest BCUT2D eigenvalue weighted by Gasteiger charge is -2.11. The summed E-state index contributed by atoms with van der Waals surface area (Å²) in [5, 5.41) is 4.74. The van der Waals surface area contributed by atoms with Gasteiger partial charge in [0.05, 0.1) is 11.4 Å². The number of benzene rings is 7. The number of furan rings is 1. The maximum atomic E-state index is 6.05. The zero-order valence-corrected chi connectivity index (χ0v) is 25.5. The van der Waals surface area contributed by atoms with Gasteiger partial charge in [0.2, 0.25) is 0 Å². The van der Waals surface area contributed by atoms with Crippen LogP contribution in [0.1, 0.15) is 0 Å². The molecule has 0 aliphatic heterocycles. The summed E-state index contributed by atoms with van der Waals surface area (Å²) in [5.41, 5.74) is 11.3. The van der Waals surface area contributed by atoms with Gasteiger partial charge in [0.1, 0.15) is 11.2 Å². The molecule has 2 aromatic heterocycles. The van der Waals surface area contributed by atoms with Gasteiger partial charge in [0.15, 0.2) is 5.82 Å². The predicted octanol–water partition coefficient (Wildman–Crippen LogP) is 11.9. The molecule has 0 bridgehead atoms. The van der Waals surface area contributed by atoms with Crippen molar-refractivity contribution in [3.05, 3.63) is 170 Å². The number of nitrogens with zero attached hydrogens (tertiary/aromatic N) is 2. The van der Waals surface area contributed by atoms with Gasteiger partial charge in [-0.3, -0.25) is 0 Å². The molecule has 0 radical (unpaired) electrons. The van der Waals surface area contributed by atoms with Crippen LogP contribution in [0.4, 0.5) is 0 Å². The van der Waals surface area contributed by atoms with Gasteiger partial charge in [-0.1, -0.05) is 140 Å². The molecule has 47 heavy (non-hydrogen) atoms. The Labute approximate surface area is 272 Å². The summed E-state index contributed by atoms with van der Waals surface area (Å²) in [7, 11) is 0. The van der Waals surface area contributed by atoms with Crippen molar-refractivity contribution in [1.82, 2.24) is 9.97 Å². The van der Waals surface area contributed by atoms with Crippen LogP contribution < -0.4 is 0 Å². The van der Waals surface area contributed by atoms with E-state index in [-0.39, 0.29) is 0 Å². The van der Waals surface area contributed by atoms with Crippen molar-refractivity contribution < 1.29 is 4.42 Å². The van der Waals surface area contributed by atoms with Crippen molar-refractivity contribution in [3.63, 3.8) is 0 Å². The van der Waals surface area contributed by atoms with Gasteiger partial charge in [-0.15, -0.1) is 0 Å². The molecular formula is C44H28N2O. The minimum atomic E-state index is 0.707. The van der Waals surface area contributed by atoms with Crippen LogP contribution in [0.25, 0.3) is 88.9 Å². The molecule has 0 spiro atoms. The van der Waals surface area contributed by atoms with Crippen LogP contribution in [0.5, 0.6) is 0 Å². The molecule has 0 atom stereocenters. The van der Waals surface area contributed by atoms with Crippen molar-refractivity contribution in [2.24, 2.45) is 0 Å². The first kappa shape index (κ1) is 27.0. The first-order chi connectivity index (χ1) is 23.2. The number of fused-ring (bicyclic) bond motifs is 4. The SMILES string of the molecule is c1ccc(-c2nc(-c3ccc(-c4ccc5ccccc5c4)cc3)cc(-c3ccc(-c4ccc5oc6ccccc6c5c4)cc3)n2)cc1. The summed E-state index contributed by atoms with van der Waals surface area (Å²) < 4.78 is 6.05. The smallest absolute Gasteiger partial charge is 0.160 e. The topological polar surface area (TPSA) is 38.9 Å². The standard InChI is InChI=1S/C44H28N2O/c1-2-9-34(10-3-1)44-45-40(32-19-14-30(15-20-32)36-23-18-29-8-4-5-11-35(29)26-36)28-41(46-44)33-21-16-31(17-22-33)37-24-25-43-39(27-37)38-12-6-7-13-42(38)47-43/h1-28H. The molecule has 220 valence electrons. The second kappa shape index (κ2) is 11.2. The molecule has 0 aliphatic rings. The van der Waals surface area contributed by atoms with Crippen LogP contribution >= 0.6 is 0 Å². The first-order valence-electron chi connectivity index (χ1n) is 15.8. The van der Waals surface area contributed by atoms with Crippen LogP contribution in [-0.4, -0.2) is 9.97 Å². The Morgan fingerprint density at radius 3 is 1.57 bits per heavy atom. The highest BCUT2D eigenvalue weighted by Gasteiger charge is 2.13. The summed E-state index contributed by atoms with van der Waals surface area (Å²) in [5.74, 6) is 0.707. The molecular weight excluding hydrogens is 572 g/mol. The van der Waals surface area contributed by atoms with Crippen molar-refractivity contribution >= 4 is 32.7 Å². The molecule has 0 fully saturated rings. The van der Waals surface area contributed by atoms with Gasteiger partial charge in [-0.25, -0.2) is 9.97 Å². The van der Waals surface area contributed by atoms with Crippen molar-refractivity contribution in [2.75, 3.05) is 0 Å². The Balaban J connectivity index is 1.08. The fourth-order valence-electron chi connectivity index (χ4n) is 6.40. The quantitative estimate of drug-likeness (QED) is 0.197. The molecule has 9 aromatic rings. The average molecular weight is 601 g/mol. The first-order valence-corrected chi connectivity index (χ1v) is 15.8.